The first-order valence-electron chi connectivity index (χ1n) is 9.96. The van der Waals surface area contributed by atoms with Crippen LogP contribution >= 0.6 is 0 Å². The summed E-state index contributed by atoms with van der Waals surface area (Å²) < 4.78 is 11.7. The normalized spacial score (nSPS) is 16.0. The molecule has 1 aromatic carbocycles. The zero-order valence-corrected chi connectivity index (χ0v) is 16.2. The Morgan fingerprint density at radius 3 is 2.52 bits per heavy atom. The molecule has 0 spiro atoms. The topological polar surface area (TPSA) is 63.6 Å². The Bertz CT molecular complexity index is 962. The Morgan fingerprint density at radius 1 is 0.931 bits per heavy atom. The van der Waals surface area contributed by atoms with Gasteiger partial charge in [0.25, 0.3) is 0 Å². The summed E-state index contributed by atoms with van der Waals surface area (Å²) in [5.74, 6) is 2.32. The molecular formula is C22H23N5O2. The van der Waals surface area contributed by atoms with Crippen LogP contribution in [0.5, 0.6) is 5.88 Å². The molecule has 148 valence electrons. The first-order valence-corrected chi connectivity index (χ1v) is 9.96. The van der Waals surface area contributed by atoms with Crippen molar-refractivity contribution in [3.05, 3.63) is 66.0 Å². The van der Waals surface area contributed by atoms with E-state index in [1.807, 2.05) is 18.2 Å². The number of aromatic nitrogens is 3. The number of fused-ring (bicyclic) bond motifs is 1. The van der Waals surface area contributed by atoms with E-state index in [0.717, 1.165) is 48.7 Å². The molecule has 2 aliphatic rings. The summed E-state index contributed by atoms with van der Waals surface area (Å²) in [7, 11) is 0. The molecule has 0 unspecified atom stereocenters. The molecule has 2 aliphatic heterocycles. The predicted molar refractivity (Wildman–Crippen MR) is 111 cm³/mol. The summed E-state index contributed by atoms with van der Waals surface area (Å²) in [4.78, 5) is 18.2. The molecule has 0 radical (unpaired) electrons. The van der Waals surface area contributed by atoms with E-state index in [1.165, 1.54) is 0 Å². The molecule has 0 N–H and O–H groups in total. The molecule has 0 saturated carbocycles. The fourth-order valence-electron chi connectivity index (χ4n) is 3.73. The average molecular weight is 389 g/mol. The van der Waals surface area contributed by atoms with Crippen LogP contribution in [0.1, 0.15) is 11.1 Å². The average Bonchev–Trinajstić information content (AvgIpc) is 3.23. The van der Waals surface area contributed by atoms with Crippen LogP contribution < -0.4 is 14.5 Å². The van der Waals surface area contributed by atoms with Gasteiger partial charge in [-0.1, -0.05) is 18.2 Å². The molecule has 1 saturated heterocycles. The lowest BCUT2D eigenvalue weighted by atomic mass is 10.2. The van der Waals surface area contributed by atoms with Gasteiger partial charge in [0, 0.05) is 37.7 Å². The number of nitrogens with zero attached hydrogens (tertiary/aromatic N) is 5. The van der Waals surface area contributed by atoms with Crippen molar-refractivity contribution in [1.82, 2.24) is 15.0 Å². The van der Waals surface area contributed by atoms with E-state index in [4.69, 9.17) is 19.4 Å². The second-order valence-corrected chi connectivity index (χ2v) is 7.11. The fraction of sp³-hybridized carbons (Fsp3) is 0.318. The van der Waals surface area contributed by atoms with Crippen molar-refractivity contribution in [2.24, 2.45) is 0 Å². The van der Waals surface area contributed by atoms with Crippen LogP contribution in [-0.2, 0) is 17.8 Å². The van der Waals surface area contributed by atoms with Gasteiger partial charge in [-0.25, -0.2) is 0 Å². The quantitative estimate of drug-likeness (QED) is 0.665. The van der Waals surface area contributed by atoms with E-state index in [1.54, 1.807) is 12.4 Å². The monoisotopic (exact) mass is 389 g/mol. The summed E-state index contributed by atoms with van der Waals surface area (Å²) in [5, 5.41) is 0. The minimum absolute atomic E-state index is 0.458. The molecule has 29 heavy (non-hydrogen) atoms. The van der Waals surface area contributed by atoms with Crippen molar-refractivity contribution in [1.29, 1.82) is 0 Å². The molecule has 1 fully saturated rings. The fourth-order valence-corrected chi connectivity index (χ4v) is 3.73. The molecule has 5 rings (SSSR count). The lowest BCUT2D eigenvalue weighted by molar-refractivity contribution is 0.122. The lowest BCUT2D eigenvalue weighted by Crippen LogP contribution is -2.37. The Labute approximate surface area is 169 Å². The van der Waals surface area contributed by atoms with Gasteiger partial charge in [0.15, 0.2) is 0 Å². The number of pyridine rings is 1. The van der Waals surface area contributed by atoms with Gasteiger partial charge in [0.2, 0.25) is 11.8 Å². The highest BCUT2D eigenvalue weighted by atomic mass is 16.5. The van der Waals surface area contributed by atoms with Crippen molar-refractivity contribution in [2.45, 2.75) is 13.0 Å². The largest absolute Gasteiger partial charge is 0.472 e. The molecule has 7 heteroatoms. The van der Waals surface area contributed by atoms with E-state index < -0.39 is 0 Å². The van der Waals surface area contributed by atoms with Gasteiger partial charge in [0.1, 0.15) is 12.4 Å². The van der Waals surface area contributed by atoms with Gasteiger partial charge in [-0.05, 0) is 36.2 Å². The van der Waals surface area contributed by atoms with Gasteiger partial charge < -0.3 is 19.3 Å². The highest BCUT2D eigenvalue weighted by Gasteiger charge is 2.29. The number of morpholine rings is 1. The van der Waals surface area contributed by atoms with Gasteiger partial charge in [0.05, 0.1) is 18.8 Å². The zero-order valence-electron chi connectivity index (χ0n) is 16.2. The first kappa shape index (κ1) is 17.9. The molecule has 3 aromatic rings. The maximum absolute atomic E-state index is 6.19. The minimum Gasteiger partial charge on any atom is -0.472 e. The summed E-state index contributed by atoms with van der Waals surface area (Å²) in [6, 6.07) is 14.3. The zero-order chi connectivity index (χ0) is 19.5. The van der Waals surface area contributed by atoms with Crippen LogP contribution in [0.4, 0.5) is 17.5 Å². The number of anilines is 3. The third-order valence-corrected chi connectivity index (χ3v) is 5.26. The molecule has 0 bridgehead atoms. The molecule has 0 aliphatic carbocycles. The van der Waals surface area contributed by atoms with E-state index in [9.17, 15) is 0 Å². The van der Waals surface area contributed by atoms with E-state index in [2.05, 4.69) is 39.0 Å². The Hall–Kier alpha value is -3.19. The molecule has 7 nitrogen and oxygen atoms in total. The van der Waals surface area contributed by atoms with Crippen molar-refractivity contribution < 1.29 is 9.47 Å². The molecule has 0 atom stereocenters. The third-order valence-electron chi connectivity index (χ3n) is 5.26. The van der Waals surface area contributed by atoms with Crippen molar-refractivity contribution in [3.8, 4) is 5.88 Å². The van der Waals surface area contributed by atoms with E-state index in [-0.39, 0.29) is 0 Å². The summed E-state index contributed by atoms with van der Waals surface area (Å²) in [5.41, 5.74) is 3.27. The Kier molecular flexibility index (Phi) is 4.96. The maximum atomic E-state index is 6.19. The minimum atomic E-state index is 0.458. The SMILES string of the molecule is c1ccc(N2CCc3c(OCc4ccncc4)nc(N4CCOCC4)nc32)cc1. The number of para-hydroxylation sites is 1. The smallest absolute Gasteiger partial charge is 0.230 e. The Morgan fingerprint density at radius 2 is 1.72 bits per heavy atom. The van der Waals surface area contributed by atoms with Crippen LogP contribution in [0.15, 0.2) is 54.9 Å². The number of hydrogen-bond donors (Lipinski definition) is 0. The second kappa shape index (κ2) is 8.05. The summed E-state index contributed by atoms with van der Waals surface area (Å²) in [6.07, 6.45) is 4.41. The first-order chi connectivity index (χ1) is 14.4. The number of ether oxygens (including phenoxy) is 2. The van der Waals surface area contributed by atoms with Crippen LogP contribution in [0.2, 0.25) is 0 Å². The standard InChI is InChI=1S/C22H23N5O2/c1-2-4-18(5-3-1)27-11-8-19-20(27)24-22(26-12-14-28-15-13-26)25-21(19)29-16-17-6-9-23-10-7-17/h1-7,9-10H,8,11-16H2. The van der Waals surface area contributed by atoms with Gasteiger partial charge in [-0.15, -0.1) is 0 Å². The highest BCUT2D eigenvalue weighted by Crippen LogP contribution is 2.38. The Balaban J connectivity index is 1.50. The van der Waals surface area contributed by atoms with Crippen molar-refractivity contribution in [2.75, 3.05) is 42.6 Å². The number of hydrogen-bond acceptors (Lipinski definition) is 7. The molecule has 4 heterocycles. The summed E-state index contributed by atoms with van der Waals surface area (Å²) in [6.45, 7) is 4.28. The van der Waals surface area contributed by atoms with E-state index in [0.29, 0.717) is 31.6 Å². The predicted octanol–water partition coefficient (Wildman–Crippen LogP) is 2.98. The summed E-state index contributed by atoms with van der Waals surface area (Å²) >= 11 is 0. The van der Waals surface area contributed by atoms with Gasteiger partial charge in [-0.3, -0.25) is 4.98 Å². The number of benzene rings is 1. The van der Waals surface area contributed by atoms with E-state index >= 15 is 0 Å². The number of rotatable bonds is 5. The van der Waals surface area contributed by atoms with Crippen LogP contribution in [0, 0.1) is 0 Å². The maximum Gasteiger partial charge on any atom is 0.230 e. The van der Waals surface area contributed by atoms with Crippen molar-refractivity contribution in [3.63, 3.8) is 0 Å². The van der Waals surface area contributed by atoms with Crippen LogP contribution in [0.3, 0.4) is 0 Å². The third kappa shape index (κ3) is 3.73. The van der Waals surface area contributed by atoms with Crippen LogP contribution in [0.25, 0.3) is 0 Å². The van der Waals surface area contributed by atoms with Crippen molar-refractivity contribution >= 4 is 17.5 Å². The highest BCUT2D eigenvalue weighted by molar-refractivity contribution is 5.69. The molecular weight excluding hydrogens is 366 g/mol. The molecule has 0 amide bonds. The lowest BCUT2D eigenvalue weighted by Gasteiger charge is -2.28. The second-order valence-electron chi connectivity index (χ2n) is 7.11. The van der Waals surface area contributed by atoms with Gasteiger partial charge >= 0.3 is 0 Å². The van der Waals surface area contributed by atoms with Gasteiger partial charge in [-0.2, -0.15) is 9.97 Å². The molecule has 2 aromatic heterocycles. The van der Waals surface area contributed by atoms with Crippen LogP contribution in [-0.4, -0.2) is 47.8 Å².